The number of para-hydroxylation sites is 3. The van der Waals surface area contributed by atoms with Gasteiger partial charge in [0.1, 0.15) is 0 Å². The third kappa shape index (κ3) is 5.10. The molecule has 0 saturated heterocycles. The van der Waals surface area contributed by atoms with Crippen LogP contribution < -0.4 is 4.90 Å². The molecule has 0 amide bonds. The van der Waals surface area contributed by atoms with Crippen molar-refractivity contribution in [2.45, 2.75) is 0 Å². The van der Waals surface area contributed by atoms with Gasteiger partial charge in [-0.2, -0.15) is 0 Å². The quantitative estimate of drug-likeness (QED) is 0.156. The summed E-state index contributed by atoms with van der Waals surface area (Å²) in [5.74, 6) is 0. The maximum absolute atomic E-state index is 2.43. The van der Waals surface area contributed by atoms with Crippen LogP contribution >= 0.6 is 0 Å². The van der Waals surface area contributed by atoms with Crippen LogP contribution in [0.15, 0.2) is 194 Å². The molecule has 0 fully saturated rings. The van der Waals surface area contributed by atoms with Crippen molar-refractivity contribution in [3.8, 4) is 27.9 Å². The third-order valence-electron chi connectivity index (χ3n) is 10.00. The molecule has 0 aliphatic rings. The van der Waals surface area contributed by atoms with E-state index >= 15 is 0 Å². The van der Waals surface area contributed by atoms with Crippen LogP contribution in [0.4, 0.5) is 17.1 Å². The van der Waals surface area contributed by atoms with Gasteiger partial charge in [-0.1, -0.05) is 36.4 Å². The van der Waals surface area contributed by atoms with Crippen LogP contribution in [0.5, 0.6) is 0 Å². The van der Waals surface area contributed by atoms with Crippen molar-refractivity contribution in [2.24, 2.45) is 0 Å². The molecule has 2 heterocycles. The molecule has 10 rings (SSSR count). The van der Waals surface area contributed by atoms with Gasteiger partial charge in [-0.25, -0.2) is 0 Å². The van der Waals surface area contributed by atoms with Crippen molar-refractivity contribution < 1.29 is 0 Å². The third-order valence-corrected chi connectivity index (χ3v) is 12.4. The molecule has 240 valence electrons. The molecule has 0 aliphatic carbocycles. The molecular weight excluding hydrogens is 684 g/mol. The van der Waals surface area contributed by atoms with Gasteiger partial charge < -0.3 is 4.57 Å². The number of anilines is 3. The second-order valence-corrected chi connectivity index (χ2v) is 15.2. The molecule has 0 spiro atoms. The topological polar surface area (TPSA) is 8.17 Å². The number of fused-ring (bicyclic) bond motifs is 6. The predicted octanol–water partition coefficient (Wildman–Crippen LogP) is 13.0. The fourth-order valence-electron chi connectivity index (χ4n) is 7.62. The Morgan fingerprint density at radius 3 is 1.84 bits per heavy atom. The fraction of sp³-hybridized carbons (Fsp3) is 0. The summed E-state index contributed by atoms with van der Waals surface area (Å²) in [4.78, 5) is 2.43. The summed E-state index contributed by atoms with van der Waals surface area (Å²) >= 11 is 0.276. The van der Waals surface area contributed by atoms with Crippen LogP contribution in [0, 0.1) is 0 Å². The SMILES string of the molecule is c1ccc(-c2ccccc2N(c2ccc(-c3ccc4c(c3)c3ccccc3n4-c3ccccc3)cc2)c2ccc3c(c2)[se]c2ccccc23)cc1. The Morgan fingerprint density at radius 1 is 0.373 bits per heavy atom. The van der Waals surface area contributed by atoms with Gasteiger partial charge in [0, 0.05) is 5.69 Å². The summed E-state index contributed by atoms with van der Waals surface area (Å²) in [5, 5.41) is 5.27. The Labute approximate surface area is 302 Å². The van der Waals surface area contributed by atoms with E-state index < -0.39 is 0 Å². The van der Waals surface area contributed by atoms with E-state index in [0.717, 1.165) is 11.4 Å². The van der Waals surface area contributed by atoms with Gasteiger partial charge in [-0.15, -0.1) is 0 Å². The number of nitrogens with zero attached hydrogens (tertiary/aromatic N) is 2. The monoisotopic (exact) mass is 716 g/mol. The Hall–Kier alpha value is -6.12. The van der Waals surface area contributed by atoms with Gasteiger partial charge in [-0.3, -0.25) is 0 Å². The second-order valence-electron chi connectivity index (χ2n) is 13.0. The first-order valence-electron chi connectivity index (χ1n) is 17.4. The summed E-state index contributed by atoms with van der Waals surface area (Å²) < 4.78 is 5.26. The Balaban J connectivity index is 1.11. The molecule has 0 saturated carbocycles. The molecule has 2 aromatic heterocycles. The van der Waals surface area contributed by atoms with Crippen molar-refractivity contribution in [3.63, 3.8) is 0 Å². The second kappa shape index (κ2) is 12.3. The first-order valence-corrected chi connectivity index (χ1v) is 19.1. The number of rotatable bonds is 6. The summed E-state index contributed by atoms with van der Waals surface area (Å²) in [5.41, 5.74) is 11.9. The van der Waals surface area contributed by atoms with E-state index in [-0.39, 0.29) is 14.5 Å². The molecule has 3 heteroatoms. The molecule has 0 N–H and O–H groups in total. The van der Waals surface area contributed by atoms with E-state index in [1.54, 1.807) is 0 Å². The van der Waals surface area contributed by atoms with E-state index in [1.165, 1.54) is 74.7 Å². The first kappa shape index (κ1) is 29.8. The van der Waals surface area contributed by atoms with Crippen LogP contribution in [0.1, 0.15) is 0 Å². The van der Waals surface area contributed by atoms with E-state index in [1.807, 2.05) is 0 Å². The van der Waals surface area contributed by atoms with E-state index in [9.17, 15) is 0 Å². The Morgan fingerprint density at radius 2 is 1.00 bits per heavy atom. The summed E-state index contributed by atoms with van der Waals surface area (Å²) in [7, 11) is 0. The van der Waals surface area contributed by atoms with Crippen molar-refractivity contribution in [1.29, 1.82) is 0 Å². The van der Waals surface area contributed by atoms with Gasteiger partial charge in [0.2, 0.25) is 0 Å². The molecule has 51 heavy (non-hydrogen) atoms. The van der Waals surface area contributed by atoms with Crippen LogP contribution in [-0.4, -0.2) is 19.1 Å². The zero-order chi connectivity index (χ0) is 33.7. The zero-order valence-electron chi connectivity index (χ0n) is 27.8. The number of hydrogen-bond acceptors (Lipinski definition) is 1. The Bertz CT molecular complexity index is 2850. The molecule has 0 atom stereocenters. The van der Waals surface area contributed by atoms with Gasteiger partial charge >= 0.3 is 234 Å². The van der Waals surface area contributed by atoms with Crippen LogP contribution in [0.3, 0.4) is 0 Å². The molecule has 0 radical (unpaired) electrons. The standard InChI is InChI=1S/C48H32N2Se/c1-3-13-34(14-4-1)39-17-7-10-20-44(39)49(38-28-29-42-41-19-9-12-22-47(41)51-48(42)32-38)37-26-23-33(24-27-37)35-25-30-46-43(31-35)40-18-8-11-21-45(40)50(46)36-15-5-2-6-16-36/h1-32H. The van der Waals surface area contributed by atoms with E-state index in [4.69, 9.17) is 0 Å². The predicted molar refractivity (Wildman–Crippen MR) is 218 cm³/mol. The maximum atomic E-state index is 2.43. The summed E-state index contributed by atoms with van der Waals surface area (Å²) in [6, 6.07) is 70.8. The summed E-state index contributed by atoms with van der Waals surface area (Å²) in [6.07, 6.45) is 0. The normalized spacial score (nSPS) is 11.5. The van der Waals surface area contributed by atoms with Crippen molar-refractivity contribution >= 4 is 72.7 Å². The van der Waals surface area contributed by atoms with Crippen molar-refractivity contribution in [2.75, 3.05) is 4.90 Å². The molecular formula is C48H32N2Se. The van der Waals surface area contributed by atoms with Crippen LogP contribution in [-0.2, 0) is 0 Å². The summed E-state index contributed by atoms with van der Waals surface area (Å²) in [6.45, 7) is 0. The number of aromatic nitrogens is 1. The molecule has 8 aromatic carbocycles. The first-order chi connectivity index (χ1) is 25.3. The van der Waals surface area contributed by atoms with E-state index in [0.29, 0.717) is 0 Å². The van der Waals surface area contributed by atoms with Crippen LogP contribution in [0.25, 0.3) is 69.0 Å². The molecule has 0 bridgehead atoms. The van der Waals surface area contributed by atoms with Gasteiger partial charge in [-0.05, 0) is 18.2 Å². The average molecular weight is 716 g/mol. The van der Waals surface area contributed by atoms with Gasteiger partial charge in [0.15, 0.2) is 0 Å². The van der Waals surface area contributed by atoms with E-state index in [2.05, 4.69) is 204 Å². The molecule has 10 aromatic rings. The minimum atomic E-state index is 0.276. The van der Waals surface area contributed by atoms with Gasteiger partial charge in [0.05, 0.1) is 5.52 Å². The van der Waals surface area contributed by atoms with Crippen LogP contribution in [0.2, 0.25) is 0 Å². The molecule has 0 unspecified atom stereocenters. The average Bonchev–Trinajstić information content (AvgIpc) is 3.74. The van der Waals surface area contributed by atoms with Gasteiger partial charge in [0.25, 0.3) is 0 Å². The minimum absolute atomic E-state index is 0.276. The molecule has 0 aliphatic heterocycles. The number of hydrogen-bond donors (Lipinski definition) is 0. The van der Waals surface area contributed by atoms with Crippen molar-refractivity contribution in [1.82, 2.24) is 4.57 Å². The zero-order valence-corrected chi connectivity index (χ0v) is 29.5. The Kier molecular flexibility index (Phi) is 7.20. The molecule has 2 nitrogen and oxygen atoms in total. The van der Waals surface area contributed by atoms with Crippen molar-refractivity contribution in [3.05, 3.63) is 194 Å². The number of benzene rings is 8. The fourth-order valence-corrected chi connectivity index (χ4v) is 10.0.